The van der Waals surface area contributed by atoms with Gasteiger partial charge in [0, 0.05) is 0 Å². The summed E-state index contributed by atoms with van der Waals surface area (Å²) in [5.41, 5.74) is 2.48. The summed E-state index contributed by atoms with van der Waals surface area (Å²) in [4.78, 5) is 4.68. The number of hydrogen-bond donors (Lipinski definition) is 1. The molecule has 1 rings (SSSR count). The van der Waals surface area contributed by atoms with Crippen molar-refractivity contribution in [2.75, 3.05) is 6.61 Å². The van der Waals surface area contributed by atoms with E-state index < -0.39 is 0 Å². The summed E-state index contributed by atoms with van der Waals surface area (Å²) in [6.07, 6.45) is 5.57. The van der Waals surface area contributed by atoms with Gasteiger partial charge in [-0.15, -0.1) is 0 Å². The Morgan fingerprint density at radius 1 is 1.83 bits per heavy atom. The molecular formula is C4H6NO. The Morgan fingerprint density at radius 2 is 2.83 bits per heavy atom. The van der Waals surface area contributed by atoms with Crippen LogP contribution in [0.2, 0.25) is 0 Å². The van der Waals surface area contributed by atoms with E-state index in [1.165, 1.54) is 0 Å². The molecule has 0 amide bonds. The Balaban J connectivity index is 2.26. The van der Waals surface area contributed by atoms with Crippen molar-refractivity contribution < 1.29 is 4.84 Å². The van der Waals surface area contributed by atoms with Crippen LogP contribution in [0.3, 0.4) is 0 Å². The van der Waals surface area contributed by atoms with Crippen LogP contribution in [-0.4, -0.2) is 6.61 Å². The Hall–Kier alpha value is -0.500. The van der Waals surface area contributed by atoms with Gasteiger partial charge in [0.25, 0.3) is 0 Å². The first-order valence-corrected chi connectivity index (χ1v) is 1.94. The van der Waals surface area contributed by atoms with Crippen molar-refractivity contribution >= 4 is 0 Å². The van der Waals surface area contributed by atoms with E-state index in [1.807, 2.05) is 6.08 Å². The molecule has 0 spiro atoms. The fraction of sp³-hybridized carbons (Fsp3) is 0.500. The lowest BCUT2D eigenvalue weighted by molar-refractivity contribution is 0.0596. The zero-order valence-corrected chi connectivity index (χ0v) is 3.40. The molecule has 0 saturated heterocycles. The molecule has 6 heavy (non-hydrogen) atoms. The molecule has 1 radical (unpaired) electrons. The van der Waals surface area contributed by atoms with E-state index in [1.54, 1.807) is 0 Å². The van der Waals surface area contributed by atoms with Gasteiger partial charge < -0.3 is 0 Å². The van der Waals surface area contributed by atoms with E-state index >= 15 is 0 Å². The minimum absolute atomic E-state index is 0.771. The molecule has 2 heteroatoms. The molecule has 2 nitrogen and oxygen atoms in total. The third-order valence-electron chi connectivity index (χ3n) is 0.597. The van der Waals surface area contributed by atoms with Crippen molar-refractivity contribution in [1.29, 1.82) is 0 Å². The topological polar surface area (TPSA) is 21.3 Å². The van der Waals surface area contributed by atoms with Gasteiger partial charge in [0.1, 0.15) is 0 Å². The van der Waals surface area contributed by atoms with Gasteiger partial charge in [-0.25, -0.2) is 0 Å². The maximum atomic E-state index is 4.68. The maximum Gasteiger partial charge on any atom is 0.0816 e. The number of hydrogen-bond acceptors (Lipinski definition) is 2. The third-order valence-corrected chi connectivity index (χ3v) is 0.597. The second-order valence-electron chi connectivity index (χ2n) is 1.09. The monoisotopic (exact) mass is 84.0 g/mol. The summed E-state index contributed by atoms with van der Waals surface area (Å²) in [5, 5.41) is 0. The van der Waals surface area contributed by atoms with Gasteiger partial charge in [-0.05, 0) is 6.42 Å². The molecule has 33 valence electrons. The van der Waals surface area contributed by atoms with E-state index in [9.17, 15) is 0 Å². The zero-order valence-electron chi connectivity index (χ0n) is 3.40. The highest BCUT2D eigenvalue weighted by molar-refractivity contribution is 4.71. The van der Waals surface area contributed by atoms with Gasteiger partial charge >= 0.3 is 0 Å². The van der Waals surface area contributed by atoms with Crippen molar-refractivity contribution in [2.24, 2.45) is 0 Å². The lowest BCUT2D eigenvalue weighted by atomic mass is 10.4. The van der Waals surface area contributed by atoms with E-state index in [0.717, 1.165) is 13.0 Å². The zero-order chi connectivity index (χ0) is 4.24. The minimum atomic E-state index is 0.771. The molecule has 1 heterocycles. The fourth-order valence-electron chi connectivity index (χ4n) is 0.324. The highest BCUT2D eigenvalue weighted by atomic mass is 16.6. The molecule has 0 aromatic heterocycles. The van der Waals surface area contributed by atoms with Crippen LogP contribution in [0.4, 0.5) is 0 Å². The van der Waals surface area contributed by atoms with Gasteiger partial charge in [-0.2, -0.15) is 0 Å². The minimum Gasteiger partial charge on any atom is -0.276 e. The van der Waals surface area contributed by atoms with Crippen molar-refractivity contribution in [1.82, 2.24) is 5.48 Å². The second kappa shape index (κ2) is 1.82. The lowest BCUT2D eigenvalue weighted by Gasteiger charge is -2.02. The average molecular weight is 84.1 g/mol. The quantitative estimate of drug-likeness (QED) is 0.453. The molecule has 0 aromatic rings. The summed E-state index contributed by atoms with van der Waals surface area (Å²) in [6, 6.07) is 0. The first-order valence-electron chi connectivity index (χ1n) is 1.94. The largest absolute Gasteiger partial charge is 0.276 e. The SMILES string of the molecule is [C]1=CCCON1. The summed E-state index contributed by atoms with van der Waals surface area (Å²) < 4.78 is 0. The van der Waals surface area contributed by atoms with Crippen LogP contribution in [-0.2, 0) is 4.84 Å². The third kappa shape index (κ3) is 0.723. The van der Waals surface area contributed by atoms with E-state index in [4.69, 9.17) is 0 Å². The molecule has 0 bridgehead atoms. The number of rotatable bonds is 0. The van der Waals surface area contributed by atoms with Gasteiger partial charge in [-0.3, -0.25) is 10.3 Å². The Kier molecular flexibility index (Phi) is 1.12. The Bertz CT molecular complexity index is 52.6. The Labute approximate surface area is 36.8 Å². The molecule has 0 unspecified atom stereocenters. The number of nitrogens with one attached hydrogen (secondary N) is 1. The first kappa shape index (κ1) is 3.68. The smallest absolute Gasteiger partial charge is 0.0816 e. The van der Waals surface area contributed by atoms with Crippen LogP contribution in [0.5, 0.6) is 0 Å². The molecule has 1 aliphatic heterocycles. The van der Waals surface area contributed by atoms with Gasteiger partial charge in [0.2, 0.25) is 0 Å². The molecule has 1 aliphatic rings. The summed E-state index contributed by atoms with van der Waals surface area (Å²) in [5.74, 6) is 0. The van der Waals surface area contributed by atoms with Crippen molar-refractivity contribution in [3.8, 4) is 0 Å². The predicted octanol–water partition coefficient (Wildman–Crippen LogP) is 0.228. The maximum absolute atomic E-state index is 4.68. The summed E-state index contributed by atoms with van der Waals surface area (Å²) >= 11 is 0. The first-order chi connectivity index (χ1) is 3.00. The molecule has 0 aliphatic carbocycles. The highest BCUT2D eigenvalue weighted by Gasteiger charge is 1.85. The van der Waals surface area contributed by atoms with Crippen molar-refractivity contribution in [2.45, 2.75) is 6.42 Å². The van der Waals surface area contributed by atoms with E-state index in [2.05, 4.69) is 16.5 Å². The van der Waals surface area contributed by atoms with Gasteiger partial charge in [-0.1, -0.05) is 6.08 Å². The van der Waals surface area contributed by atoms with Crippen LogP contribution >= 0.6 is 0 Å². The molecule has 0 atom stereocenters. The van der Waals surface area contributed by atoms with Crippen molar-refractivity contribution in [3.05, 3.63) is 12.3 Å². The number of hydroxylamine groups is 1. The molecule has 0 saturated carbocycles. The molecular weight excluding hydrogens is 78.0 g/mol. The lowest BCUT2D eigenvalue weighted by Crippen LogP contribution is -2.11. The van der Waals surface area contributed by atoms with E-state index in [0.29, 0.717) is 0 Å². The molecule has 0 aromatic carbocycles. The van der Waals surface area contributed by atoms with Crippen LogP contribution in [0.15, 0.2) is 6.08 Å². The summed E-state index contributed by atoms with van der Waals surface area (Å²) in [7, 11) is 0. The molecule has 0 fully saturated rings. The Morgan fingerprint density at radius 3 is 3.00 bits per heavy atom. The van der Waals surface area contributed by atoms with Crippen LogP contribution in [0.25, 0.3) is 0 Å². The standard InChI is InChI=1S/C4H6NO/c1-2-4-6-5-3-1/h1,5H,2,4H2. The predicted molar refractivity (Wildman–Crippen MR) is 21.5 cm³/mol. The van der Waals surface area contributed by atoms with E-state index in [-0.39, 0.29) is 0 Å². The average Bonchev–Trinajstić information content (AvgIpc) is 1.72. The molecule has 1 N–H and O–H groups in total. The van der Waals surface area contributed by atoms with Crippen LogP contribution in [0, 0.1) is 6.20 Å². The normalized spacial score (nSPS) is 20.0. The van der Waals surface area contributed by atoms with Crippen LogP contribution in [0.1, 0.15) is 6.42 Å². The summed E-state index contributed by atoms with van der Waals surface area (Å²) in [6.45, 7) is 0.771. The van der Waals surface area contributed by atoms with Gasteiger partial charge in [0.15, 0.2) is 0 Å². The highest BCUT2D eigenvalue weighted by Crippen LogP contribution is 1.85. The van der Waals surface area contributed by atoms with Gasteiger partial charge in [0.05, 0.1) is 12.8 Å². The fourth-order valence-corrected chi connectivity index (χ4v) is 0.324. The second-order valence-corrected chi connectivity index (χ2v) is 1.09. The van der Waals surface area contributed by atoms with Crippen molar-refractivity contribution in [3.63, 3.8) is 0 Å². The van der Waals surface area contributed by atoms with Crippen LogP contribution < -0.4 is 5.48 Å².